The number of imide groups is 1. The van der Waals surface area contributed by atoms with Gasteiger partial charge in [-0.15, -0.1) is 0 Å². The van der Waals surface area contributed by atoms with E-state index in [-0.39, 0.29) is 23.7 Å². The molecule has 3 amide bonds. The molecule has 0 unspecified atom stereocenters. The molecule has 8 heteroatoms. The van der Waals surface area contributed by atoms with E-state index in [0.717, 1.165) is 15.1 Å². The molecule has 6 nitrogen and oxygen atoms in total. The van der Waals surface area contributed by atoms with Gasteiger partial charge in [-0.2, -0.15) is 0 Å². The number of hydrogen-bond acceptors (Lipinski definition) is 5. The van der Waals surface area contributed by atoms with Gasteiger partial charge in [-0.05, 0) is 50.1 Å². The lowest BCUT2D eigenvalue weighted by atomic mass is 9.85. The van der Waals surface area contributed by atoms with Crippen molar-refractivity contribution in [3.8, 4) is 0 Å². The van der Waals surface area contributed by atoms with Gasteiger partial charge in [0.1, 0.15) is 6.04 Å². The second-order valence-electron chi connectivity index (χ2n) is 8.00. The minimum atomic E-state index is -0.966. The van der Waals surface area contributed by atoms with Crippen molar-refractivity contribution in [1.29, 1.82) is 0 Å². The number of benzene rings is 2. The summed E-state index contributed by atoms with van der Waals surface area (Å²) < 4.78 is 0.931. The molecular formula is C24H20ClN3O3S. The average molecular weight is 466 g/mol. The highest BCUT2D eigenvalue weighted by Gasteiger charge is 2.50. The number of para-hydroxylation sites is 1. The predicted molar refractivity (Wildman–Crippen MR) is 125 cm³/mol. The number of allylic oxidation sites excluding steroid dienone is 2. The minimum Gasteiger partial charge on any atom is -0.274 e. The molecule has 2 aliphatic rings. The Morgan fingerprint density at radius 2 is 1.78 bits per heavy atom. The van der Waals surface area contributed by atoms with Crippen LogP contribution >= 0.6 is 22.9 Å². The first-order chi connectivity index (χ1) is 15.5. The van der Waals surface area contributed by atoms with E-state index in [9.17, 15) is 14.4 Å². The number of fused-ring (bicyclic) bond motifs is 2. The Bertz CT molecular complexity index is 1210. The normalized spacial score (nSPS) is 21.1. The molecule has 0 N–H and O–H groups in total. The van der Waals surface area contributed by atoms with Gasteiger partial charge in [-0.25, -0.2) is 4.98 Å². The van der Waals surface area contributed by atoms with E-state index in [1.54, 1.807) is 31.2 Å². The quantitative estimate of drug-likeness (QED) is 0.403. The topological polar surface area (TPSA) is 70.6 Å². The number of rotatable bonds is 4. The van der Waals surface area contributed by atoms with E-state index in [1.165, 1.54) is 16.2 Å². The summed E-state index contributed by atoms with van der Waals surface area (Å²) in [5.74, 6) is -1.73. The lowest BCUT2D eigenvalue weighted by Crippen LogP contribution is -2.48. The minimum absolute atomic E-state index is 0.277. The molecule has 2 heterocycles. The highest BCUT2D eigenvalue weighted by atomic mass is 35.5. The van der Waals surface area contributed by atoms with Gasteiger partial charge in [0, 0.05) is 5.02 Å². The second-order valence-corrected chi connectivity index (χ2v) is 9.44. The first-order valence-electron chi connectivity index (χ1n) is 10.4. The summed E-state index contributed by atoms with van der Waals surface area (Å²) in [5.41, 5.74) is 1.30. The van der Waals surface area contributed by atoms with Gasteiger partial charge in [0.2, 0.25) is 11.8 Å². The zero-order valence-corrected chi connectivity index (χ0v) is 18.8. The van der Waals surface area contributed by atoms with Gasteiger partial charge >= 0.3 is 0 Å². The van der Waals surface area contributed by atoms with Crippen molar-refractivity contribution >= 4 is 61.7 Å². The van der Waals surface area contributed by atoms with Crippen LogP contribution in [0.25, 0.3) is 10.2 Å². The van der Waals surface area contributed by atoms with E-state index < -0.39 is 11.9 Å². The maximum atomic E-state index is 13.8. The number of aromatic nitrogens is 1. The molecule has 1 aromatic heterocycles. The number of thiazole rings is 1. The number of likely N-dealkylation sites (tertiary alicyclic amines) is 1. The van der Waals surface area contributed by atoms with Crippen LogP contribution in [0.3, 0.4) is 0 Å². The van der Waals surface area contributed by atoms with Crippen molar-refractivity contribution in [3.05, 3.63) is 65.7 Å². The highest BCUT2D eigenvalue weighted by Crippen LogP contribution is 2.39. The summed E-state index contributed by atoms with van der Waals surface area (Å²) in [6.45, 7) is 1.60. The average Bonchev–Trinajstić information content (AvgIpc) is 3.32. The van der Waals surface area contributed by atoms with Gasteiger partial charge in [0.15, 0.2) is 5.13 Å². The van der Waals surface area contributed by atoms with Crippen LogP contribution in [0.1, 0.15) is 19.8 Å². The first kappa shape index (κ1) is 20.8. The maximum Gasteiger partial charge on any atom is 0.256 e. The van der Waals surface area contributed by atoms with Crippen molar-refractivity contribution < 1.29 is 14.4 Å². The van der Waals surface area contributed by atoms with Crippen LogP contribution in [-0.2, 0) is 14.4 Å². The van der Waals surface area contributed by atoms with Crippen molar-refractivity contribution in [1.82, 2.24) is 9.88 Å². The van der Waals surface area contributed by atoms with Gasteiger partial charge < -0.3 is 0 Å². The molecule has 0 spiro atoms. The van der Waals surface area contributed by atoms with Crippen molar-refractivity contribution in [2.75, 3.05) is 4.90 Å². The van der Waals surface area contributed by atoms with E-state index in [1.807, 2.05) is 36.4 Å². The first-order valence-corrected chi connectivity index (χ1v) is 11.6. The van der Waals surface area contributed by atoms with Crippen molar-refractivity contribution in [2.24, 2.45) is 11.8 Å². The number of hydrogen-bond donors (Lipinski definition) is 0. The standard InChI is InChI=1S/C24H20ClN3O3S/c1-14(27-22(30)17-9-2-3-10-18(17)23(27)31)21(29)28(16-8-6-7-15(25)13-16)24-26-19-11-4-5-12-20(19)32-24/h2-8,11-14,17-18H,9-10H2,1H3/t14-,17+,18+/m0/s1. The second kappa shape index (κ2) is 8.15. The summed E-state index contributed by atoms with van der Waals surface area (Å²) in [4.78, 5) is 47.2. The van der Waals surface area contributed by atoms with E-state index >= 15 is 0 Å². The number of amides is 3. The third-order valence-corrected chi connectivity index (χ3v) is 7.30. The number of halogens is 1. The van der Waals surface area contributed by atoms with Gasteiger partial charge in [0.25, 0.3) is 5.91 Å². The third kappa shape index (κ3) is 3.42. The van der Waals surface area contributed by atoms with Crippen LogP contribution in [0.4, 0.5) is 10.8 Å². The largest absolute Gasteiger partial charge is 0.274 e. The molecule has 3 atom stereocenters. The molecule has 32 heavy (non-hydrogen) atoms. The third-order valence-electron chi connectivity index (χ3n) is 6.05. The lowest BCUT2D eigenvalue weighted by molar-refractivity contribution is -0.146. The van der Waals surface area contributed by atoms with Crippen molar-refractivity contribution in [3.63, 3.8) is 0 Å². The fourth-order valence-corrected chi connectivity index (χ4v) is 5.58. The summed E-state index contributed by atoms with van der Waals surface area (Å²) in [7, 11) is 0. The Morgan fingerprint density at radius 3 is 2.44 bits per heavy atom. The predicted octanol–water partition coefficient (Wildman–Crippen LogP) is 4.95. The number of carbonyl (C=O) groups is 3. The van der Waals surface area contributed by atoms with Crippen LogP contribution in [0.5, 0.6) is 0 Å². The van der Waals surface area contributed by atoms with Gasteiger partial charge in [0.05, 0.1) is 27.7 Å². The fourth-order valence-electron chi connectivity index (χ4n) is 4.41. The molecular weight excluding hydrogens is 446 g/mol. The fraction of sp³-hybridized carbons (Fsp3) is 0.250. The Hall–Kier alpha value is -3.03. The van der Waals surface area contributed by atoms with Crippen LogP contribution in [0.2, 0.25) is 5.02 Å². The van der Waals surface area contributed by atoms with Crippen molar-refractivity contribution in [2.45, 2.75) is 25.8 Å². The van der Waals surface area contributed by atoms with Crippen LogP contribution in [0.15, 0.2) is 60.7 Å². The van der Waals surface area contributed by atoms with Crippen LogP contribution in [0, 0.1) is 11.8 Å². The SMILES string of the molecule is C[C@@H](C(=O)N(c1cccc(Cl)c1)c1nc2ccccc2s1)N1C(=O)[C@@H]2CC=CC[C@H]2C1=O. The van der Waals surface area contributed by atoms with Crippen LogP contribution < -0.4 is 4.90 Å². The summed E-state index contributed by atoms with van der Waals surface area (Å²) >= 11 is 7.58. The molecule has 0 bridgehead atoms. The molecule has 0 radical (unpaired) electrons. The van der Waals surface area contributed by atoms with E-state index in [4.69, 9.17) is 11.6 Å². The Labute approximate surface area is 194 Å². The molecule has 1 fully saturated rings. The Morgan fingerprint density at radius 1 is 1.09 bits per heavy atom. The summed E-state index contributed by atoms with van der Waals surface area (Å²) in [5, 5.41) is 0.933. The molecule has 3 aromatic rings. The summed E-state index contributed by atoms with van der Waals surface area (Å²) in [6, 6.07) is 13.6. The molecule has 1 aliphatic heterocycles. The molecule has 0 saturated carbocycles. The van der Waals surface area contributed by atoms with Crippen LogP contribution in [-0.4, -0.2) is 33.6 Å². The lowest BCUT2D eigenvalue weighted by Gasteiger charge is -2.28. The molecule has 5 rings (SSSR count). The maximum absolute atomic E-state index is 13.8. The zero-order chi connectivity index (χ0) is 22.4. The number of carbonyl (C=O) groups excluding carboxylic acids is 3. The Balaban J connectivity index is 1.54. The number of anilines is 2. The molecule has 162 valence electrons. The van der Waals surface area contributed by atoms with Gasteiger partial charge in [-0.3, -0.25) is 24.2 Å². The molecule has 1 aliphatic carbocycles. The zero-order valence-electron chi connectivity index (χ0n) is 17.3. The Kier molecular flexibility index (Phi) is 5.31. The monoisotopic (exact) mass is 465 g/mol. The molecule has 2 aromatic carbocycles. The number of nitrogens with zero attached hydrogens (tertiary/aromatic N) is 3. The smallest absolute Gasteiger partial charge is 0.256 e. The molecule has 1 saturated heterocycles. The summed E-state index contributed by atoms with van der Waals surface area (Å²) in [6.07, 6.45) is 4.93. The van der Waals surface area contributed by atoms with E-state index in [2.05, 4.69) is 4.98 Å². The highest BCUT2D eigenvalue weighted by molar-refractivity contribution is 7.22. The van der Waals surface area contributed by atoms with Gasteiger partial charge in [-0.1, -0.05) is 53.3 Å². The van der Waals surface area contributed by atoms with E-state index in [0.29, 0.717) is 28.7 Å².